The lowest BCUT2D eigenvalue weighted by atomic mass is 10.0. The van der Waals surface area contributed by atoms with Crippen molar-refractivity contribution >= 4 is 35.6 Å². The van der Waals surface area contributed by atoms with Crippen LogP contribution in [0.3, 0.4) is 0 Å². The maximum absolute atomic E-state index is 5.61. The minimum absolute atomic E-state index is 0. The summed E-state index contributed by atoms with van der Waals surface area (Å²) < 4.78 is 10.9. The summed E-state index contributed by atoms with van der Waals surface area (Å²) in [5.41, 5.74) is 2.19. The van der Waals surface area contributed by atoms with Gasteiger partial charge in [0.2, 0.25) is 0 Å². The number of hydrogen-bond acceptors (Lipinski definition) is 3. The number of rotatable bonds is 7. The van der Waals surface area contributed by atoms with E-state index < -0.39 is 0 Å². The highest BCUT2D eigenvalue weighted by molar-refractivity contribution is 14.0. The average Bonchev–Trinajstić information content (AvgIpc) is 2.66. The molecule has 0 aliphatic heterocycles. The molecule has 1 atom stereocenters. The van der Waals surface area contributed by atoms with Gasteiger partial charge >= 0.3 is 0 Å². The molecule has 2 rings (SSSR count). The molecule has 0 radical (unpaired) electrons. The molecule has 0 aliphatic rings. The van der Waals surface area contributed by atoms with Crippen LogP contribution in [-0.2, 0) is 0 Å². The van der Waals surface area contributed by atoms with E-state index in [0.717, 1.165) is 18.2 Å². The Kier molecular flexibility index (Phi) is 9.87. The Morgan fingerprint density at radius 1 is 1.12 bits per heavy atom. The molecule has 0 spiro atoms. The molecule has 5 nitrogen and oxygen atoms in total. The highest BCUT2D eigenvalue weighted by Gasteiger charge is 2.09. The van der Waals surface area contributed by atoms with E-state index in [1.165, 1.54) is 5.56 Å². The molecular formula is C20H28IN3O2. The Morgan fingerprint density at radius 3 is 2.46 bits per heavy atom. The second kappa shape index (κ2) is 11.6. The molecule has 0 saturated heterocycles. The number of halogens is 1. The third-order valence-electron chi connectivity index (χ3n) is 3.89. The van der Waals surface area contributed by atoms with Gasteiger partial charge in [-0.2, -0.15) is 0 Å². The van der Waals surface area contributed by atoms with Gasteiger partial charge in [0.1, 0.15) is 0 Å². The van der Waals surface area contributed by atoms with Gasteiger partial charge in [0.25, 0.3) is 0 Å². The molecule has 1 unspecified atom stereocenters. The maximum atomic E-state index is 5.61. The monoisotopic (exact) mass is 469 g/mol. The largest absolute Gasteiger partial charge is 0.493 e. The van der Waals surface area contributed by atoms with Gasteiger partial charge in [-0.15, -0.1) is 24.0 Å². The van der Waals surface area contributed by atoms with E-state index in [4.69, 9.17) is 9.47 Å². The van der Waals surface area contributed by atoms with Crippen molar-refractivity contribution < 1.29 is 9.47 Å². The Labute approximate surface area is 173 Å². The van der Waals surface area contributed by atoms with Crippen molar-refractivity contribution in [2.24, 2.45) is 4.99 Å². The quantitative estimate of drug-likeness (QED) is 0.356. The number of nitrogens with one attached hydrogen (secondary N) is 2. The highest BCUT2D eigenvalue weighted by atomic mass is 127. The summed E-state index contributed by atoms with van der Waals surface area (Å²) in [6.07, 6.45) is 0. The summed E-state index contributed by atoms with van der Waals surface area (Å²) in [5.74, 6) is 2.53. The summed E-state index contributed by atoms with van der Waals surface area (Å²) in [6, 6.07) is 16.2. The molecule has 0 aromatic heterocycles. The number of nitrogens with zero attached hydrogens (tertiary/aromatic N) is 1. The predicted octanol–water partition coefficient (Wildman–Crippen LogP) is 4.50. The predicted molar refractivity (Wildman–Crippen MR) is 119 cm³/mol. The fourth-order valence-electron chi connectivity index (χ4n) is 2.49. The van der Waals surface area contributed by atoms with Gasteiger partial charge in [-0.1, -0.05) is 37.3 Å². The van der Waals surface area contributed by atoms with Gasteiger partial charge in [-0.05, 0) is 30.5 Å². The Hall–Kier alpha value is -1.96. The van der Waals surface area contributed by atoms with Crippen molar-refractivity contribution in [1.29, 1.82) is 0 Å². The number of guanidine groups is 1. The van der Waals surface area contributed by atoms with Crippen molar-refractivity contribution in [2.45, 2.75) is 19.8 Å². The van der Waals surface area contributed by atoms with E-state index in [0.29, 0.717) is 24.0 Å². The summed E-state index contributed by atoms with van der Waals surface area (Å²) in [6.45, 7) is 5.51. The number of hydrogen-bond donors (Lipinski definition) is 2. The third-order valence-corrected chi connectivity index (χ3v) is 3.89. The molecule has 26 heavy (non-hydrogen) atoms. The molecule has 0 heterocycles. The number of anilines is 1. The lowest BCUT2D eigenvalue weighted by molar-refractivity contribution is 0.311. The van der Waals surface area contributed by atoms with Crippen LogP contribution >= 0.6 is 24.0 Å². The molecule has 6 heteroatoms. The van der Waals surface area contributed by atoms with Crippen molar-refractivity contribution in [3.63, 3.8) is 0 Å². The third kappa shape index (κ3) is 6.40. The minimum atomic E-state index is 0. The van der Waals surface area contributed by atoms with E-state index in [2.05, 4.69) is 46.8 Å². The van der Waals surface area contributed by atoms with E-state index in [1.807, 2.05) is 31.2 Å². The SMILES string of the molecule is CCOc1cc(NC(=NC)NCC(C)c2ccccc2)ccc1OC.I. The molecule has 0 aliphatic carbocycles. The van der Waals surface area contributed by atoms with Crippen LogP contribution in [-0.4, -0.2) is 33.3 Å². The molecule has 2 N–H and O–H groups in total. The van der Waals surface area contributed by atoms with E-state index in [-0.39, 0.29) is 24.0 Å². The molecule has 0 amide bonds. The second-order valence-corrected chi connectivity index (χ2v) is 5.69. The fraction of sp³-hybridized carbons (Fsp3) is 0.350. The van der Waals surface area contributed by atoms with Crippen molar-refractivity contribution in [2.75, 3.05) is 32.6 Å². The number of methoxy groups -OCH3 is 1. The Balaban J connectivity index is 0.00000338. The topological polar surface area (TPSA) is 54.9 Å². The normalized spacial score (nSPS) is 11.9. The lowest BCUT2D eigenvalue weighted by Gasteiger charge is -2.17. The zero-order valence-electron chi connectivity index (χ0n) is 15.8. The molecular weight excluding hydrogens is 441 g/mol. The molecule has 2 aromatic carbocycles. The summed E-state index contributed by atoms with van der Waals surface area (Å²) >= 11 is 0. The summed E-state index contributed by atoms with van der Waals surface area (Å²) in [4.78, 5) is 4.29. The molecule has 2 aromatic rings. The van der Waals surface area contributed by atoms with Crippen LogP contribution in [0.25, 0.3) is 0 Å². The van der Waals surface area contributed by atoms with Crippen molar-refractivity contribution in [1.82, 2.24) is 5.32 Å². The van der Waals surface area contributed by atoms with Gasteiger partial charge < -0.3 is 20.1 Å². The zero-order valence-corrected chi connectivity index (χ0v) is 18.1. The highest BCUT2D eigenvalue weighted by Crippen LogP contribution is 2.30. The number of ether oxygens (including phenoxy) is 2. The fourth-order valence-corrected chi connectivity index (χ4v) is 2.49. The van der Waals surface area contributed by atoms with Gasteiger partial charge in [0.05, 0.1) is 13.7 Å². The molecule has 142 valence electrons. The number of aliphatic imine (C=N–C) groups is 1. The van der Waals surface area contributed by atoms with Gasteiger partial charge in [0.15, 0.2) is 17.5 Å². The minimum Gasteiger partial charge on any atom is -0.493 e. The van der Waals surface area contributed by atoms with Crippen molar-refractivity contribution in [3.8, 4) is 11.5 Å². The van der Waals surface area contributed by atoms with Crippen LogP contribution in [0.1, 0.15) is 25.3 Å². The van der Waals surface area contributed by atoms with E-state index in [1.54, 1.807) is 14.2 Å². The van der Waals surface area contributed by atoms with Crippen LogP contribution < -0.4 is 20.1 Å². The van der Waals surface area contributed by atoms with E-state index >= 15 is 0 Å². The Morgan fingerprint density at radius 2 is 1.85 bits per heavy atom. The molecule has 0 fully saturated rings. The lowest BCUT2D eigenvalue weighted by Crippen LogP contribution is -2.33. The van der Waals surface area contributed by atoms with Crippen LogP contribution in [0.4, 0.5) is 5.69 Å². The smallest absolute Gasteiger partial charge is 0.195 e. The summed E-state index contributed by atoms with van der Waals surface area (Å²) in [5, 5.41) is 6.65. The van der Waals surface area contributed by atoms with Crippen LogP contribution in [0.15, 0.2) is 53.5 Å². The molecule has 0 bridgehead atoms. The van der Waals surface area contributed by atoms with Crippen molar-refractivity contribution in [3.05, 3.63) is 54.1 Å². The standard InChI is InChI=1S/C20H27N3O2.HI/c1-5-25-19-13-17(11-12-18(19)24-4)23-20(21-3)22-14-15(2)16-9-7-6-8-10-16;/h6-13,15H,5,14H2,1-4H3,(H2,21,22,23);1H. The first-order chi connectivity index (χ1) is 12.2. The van der Waals surface area contributed by atoms with Gasteiger partial charge in [-0.25, -0.2) is 0 Å². The van der Waals surface area contributed by atoms with Crippen LogP contribution in [0, 0.1) is 0 Å². The van der Waals surface area contributed by atoms with Gasteiger partial charge in [-0.3, -0.25) is 4.99 Å². The first-order valence-electron chi connectivity index (χ1n) is 8.51. The zero-order chi connectivity index (χ0) is 18.1. The van der Waals surface area contributed by atoms with Crippen LogP contribution in [0.5, 0.6) is 11.5 Å². The number of benzene rings is 2. The summed E-state index contributed by atoms with van der Waals surface area (Å²) in [7, 11) is 3.39. The molecule has 0 saturated carbocycles. The maximum Gasteiger partial charge on any atom is 0.195 e. The average molecular weight is 469 g/mol. The van der Waals surface area contributed by atoms with E-state index in [9.17, 15) is 0 Å². The first-order valence-corrected chi connectivity index (χ1v) is 8.51. The first kappa shape index (κ1) is 22.1. The van der Waals surface area contributed by atoms with Gasteiger partial charge in [0, 0.05) is 25.3 Å². The Bertz CT molecular complexity index is 693. The second-order valence-electron chi connectivity index (χ2n) is 5.69. The van der Waals surface area contributed by atoms with Crippen LogP contribution in [0.2, 0.25) is 0 Å².